The molecule has 1 N–H and O–H groups in total. The summed E-state index contributed by atoms with van der Waals surface area (Å²) in [5.74, 6) is 1.17. The van der Waals surface area contributed by atoms with Crippen LogP contribution in [-0.4, -0.2) is 43.1 Å². The Bertz CT molecular complexity index is 499. The van der Waals surface area contributed by atoms with Gasteiger partial charge in [0.1, 0.15) is 5.75 Å². The lowest BCUT2D eigenvalue weighted by Gasteiger charge is -2.33. The Morgan fingerprint density at radius 1 is 1.33 bits per heavy atom. The zero-order valence-electron chi connectivity index (χ0n) is 12.7. The number of hydrogen-bond acceptors (Lipinski definition) is 3. The molecule has 21 heavy (non-hydrogen) atoms. The molecule has 4 nitrogen and oxygen atoms in total. The second-order valence-corrected chi connectivity index (χ2v) is 6.06. The predicted octanol–water partition coefficient (Wildman–Crippen LogP) is 1.98. The van der Waals surface area contributed by atoms with Crippen LogP contribution in [0.1, 0.15) is 31.2 Å². The number of nitrogens with zero attached hydrogens (tertiary/aromatic N) is 1. The molecule has 1 unspecified atom stereocenters. The molecule has 2 fully saturated rings. The van der Waals surface area contributed by atoms with Gasteiger partial charge in [0.2, 0.25) is 5.91 Å². The van der Waals surface area contributed by atoms with E-state index in [1.165, 1.54) is 18.4 Å². The summed E-state index contributed by atoms with van der Waals surface area (Å²) in [5.41, 5.74) is 1.22. The van der Waals surface area contributed by atoms with Crippen LogP contribution in [0, 0.1) is 0 Å². The number of nitrogens with one attached hydrogen (secondary N) is 1. The van der Waals surface area contributed by atoms with Crippen molar-refractivity contribution in [3.8, 4) is 5.75 Å². The van der Waals surface area contributed by atoms with Gasteiger partial charge in [-0.2, -0.15) is 0 Å². The van der Waals surface area contributed by atoms with Crippen LogP contribution in [0.2, 0.25) is 0 Å². The third-order valence-corrected chi connectivity index (χ3v) is 4.35. The molecule has 0 radical (unpaired) electrons. The van der Waals surface area contributed by atoms with Gasteiger partial charge in [0.25, 0.3) is 0 Å². The van der Waals surface area contributed by atoms with Crippen LogP contribution in [-0.2, 0) is 11.2 Å². The van der Waals surface area contributed by atoms with E-state index in [0.29, 0.717) is 6.04 Å². The fraction of sp³-hybridized carbons (Fsp3) is 0.588. The Morgan fingerprint density at radius 2 is 2.19 bits per heavy atom. The van der Waals surface area contributed by atoms with Crippen molar-refractivity contribution in [2.75, 3.05) is 20.2 Å². The largest absolute Gasteiger partial charge is 0.497 e. The zero-order valence-corrected chi connectivity index (χ0v) is 12.7. The number of piperidine rings is 1. The molecule has 1 heterocycles. The van der Waals surface area contributed by atoms with Gasteiger partial charge in [0.05, 0.1) is 13.2 Å². The number of likely N-dealkylation sites (tertiary alicyclic amines) is 1. The normalized spacial score (nSPS) is 22.4. The fourth-order valence-electron chi connectivity index (χ4n) is 2.94. The fourth-order valence-corrected chi connectivity index (χ4v) is 2.94. The summed E-state index contributed by atoms with van der Waals surface area (Å²) in [6.07, 6.45) is 5.44. The molecule has 0 spiro atoms. The van der Waals surface area contributed by atoms with Crippen molar-refractivity contribution < 1.29 is 9.53 Å². The van der Waals surface area contributed by atoms with Crippen LogP contribution < -0.4 is 10.1 Å². The number of ether oxygens (including phenoxy) is 1. The molecule has 3 rings (SSSR count). The molecule has 1 aliphatic carbocycles. The lowest BCUT2D eigenvalue weighted by Crippen LogP contribution is -2.51. The monoisotopic (exact) mass is 288 g/mol. The van der Waals surface area contributed by atoms with Gasteiger partial charge in [0.15, 0.2) is 0 Å². The van der Waals surface area contributed by atoms with Gasteiger partial charge < -0.3 is 15.0 Å². The Kier molecular flexibility index (Phi) is 4.44. The van der Waals surface area contributed by atoms with E-state index < -0.39 is 0 Å². The summed E-state index contributed by atoms with van der Waals surface area (Å²) in [4.78, 5) is 14.5. The number of carbonyl (C=O) groups excluding carboxylic acids is 1. The number of carbonyl (C=O) groups is 1. The van der Waals surface area contributed by atoms with E-state index in [1.54, 1.807) is 7.11 Å². The molecular weight excluding hydrogens is 264 g/mol. The molecular formula is C17H24N2O2. The first kappa shape index (κ1) is 14.4. The SMILES string of the molecule is COc1cccc(CCN2CCCC(NC3CC3)C2=O)c1. The molecule has 1 atom stereocenters. The number of methoxy groups -OCH3 is 1. The third kappa shape index (κ3) is 3.76. The van der Waals surface area contributed by atoms with Crippen molar-refractivity contribution in [2.45, 2.75) is 44.2 Å². The minimum Gasteiger partial charge on any atom is -0.497 e. The van der Waals surface area contributed by atoms with E-state index >= 15 is 0 Å². The molecule has 1 saturated heterocycles. The number of amides is 1. The molecule has 1 aromatic rings. The summed E-state index contributed by atoms with van der Waals surface area (Å²) < 4.78 is 5.24. The minimum absolute atomic E-state index is 0.0524. The summed E-state index contributed by atoms with van der Waals surface area (Å²) >= 11 is 0. The predicted molar refractivity (Wildman–Crippen MR) is 82.5 cm³/mol. The van der Waals surface area contributed by atoms with Crippen molar-refractivity contribution in [2.24, 2.45) is 0 Å². The summed E-state index contributed by atoms with van der Waals surface area (Å²) in [6, 6.07) is 8.74. The second-order valence-electron chi connectivity index (χ2n) is 6.06. The van der Waals surface area contributed by atoms with Crippen molar-refractivity contribution >= 4 is 5.91 Å². The summed E-state index contributed by atoms with van der Waals surface area (Å²) in [7, 11) is 1.68. The molecule has 1 amide bonds. The van der Waals surface area contributed by atoms with Crippen LogP contribution in [0.5, 0.6) is 5.75 Å². The van der Waals surface area contributed by atoms with Crippen molar-refractivity contribution in [1.29, 1.82) is 0 Å². The number of rotatable bonds is 6. The molecule has 1 aliphatic heterocycles. The van der Waals surface area contributed by atoms with E-state index in [-0.39, 0.29) is 11.9 Å². The third-order valence-electron chi connectivity index (χ3n) is 4.35. The van der Waals surface area contributed by atoms with Crippen LogP contribution >= 0.6 is 0 Å². The first-order valence-electron chi connectivity index (χ1n) is 7.94. The van der Waals surface area contributed by atoms with E-state index in [2.05, 4.69) is 11.4 Å². The van der Waals surface area contributed by atoms with Gasteiger partial charge in [-0.25, -0.2) is 0 Å². The van der Waals surface area contributed by atoms with Gasteiger partial charge in [-0.3, -0.25) is 4.79 Å². The van der Waals surface area contributed by atoms with Crippen LogP contribution in [0.25, 0.3) is 0 Å². The quantitative estimate of drug-likeness (QED) is 0.870. The maximum absolute atomic E-state index is 12.5. The van der Waals surface area contributed by atoms with Crippen molar-refractivity contribution in [1.82, 2.24) is 10.2 Å². The molecule has 2 aliphatic rings. The van der Waals surface area contributed by atoms with Gasteiger partial charge in [-0.15, -0.1) is 0 Å². The molecule has 114 valence electrons. The van der Waals surface area contributed by atoms with Crippen molar-refractivity contribution in [3.05, 3.63) is 29.8 Å². The van der Waals surface area contributed by atoms with Gasteiger partial charge in [0, 0.05) is 19.1 Å². The number of hydrogen-bond donors (Lipinski definition) is 1. The van der Waals surface area contributed by atoms with Gasteiger partial charge >= 0.3 is 0 Å². The highest BCUT2D eigenvalue weighted by Gasteiger charge is 2.33. The highest BCUT2D eigenvalue weighted by atomic mass is 16.5. The molecule has 0 aromatic heterocycles. The maximum Gasteiger partial charge on any atom is 0.239 e. The standard InChI is InChI=1S/C17H24N2O2/c1-21-15-5-2-4-13(12-15)9-11-19-10-3-6-16(17(19)20)18-14-7-8-14/h2,4-5,12,14,16,18H,3,6-11H2,1H3. The highest BCUT2D eigenvalue weighted by molar-refractivity contribution is 5.82. The first-order valence-corrected chi connectivity index (χ1v) is 7.94. The first-order chi connectivity index (χ1) is 10.3. The topological polar surface area (TPSA) is 41.6 Å². The van der Waals surface area contributed by atoms with Crippen LogP contribution in [0.4, 0.5) is 0 Å². The van der Waals surface area contributed by atoms with Gasteiger partial charge in [-0.1, -0.05) is 12.1 Å². The molecule has 1 saturated carbocycles. The van der Waals surface area contributed by atoms with Crippen LogP contribution in [0.15, 0.2) is 24.3 Å². The summed E-state index contributed by atoms with van der Waals surface area (Å²) in [6.45, 7) is 1.69. The lowest BCUT2D eigenvalue weighted by molar-refractivity contribution is -0.136. The Labute approximate surface area is 126 Å². The van der Waals surface area contributed by atoms with E-state index in [9.17, 15) is 4.79 Å². The summed E-state index contributed by atoms with van der Waals surface area (Å²) in [5, 5.41) is 3.48. The van der Waals surface area contributed by atoms with Gasteiger partial charge in [-0.05, 0) is 49.8 Å². The average Bonchev–Trinajstić information content (AvgIpc) is 3.32. The Balaban J connectivity index is 1.54. The zero-order chi connectivity index (χ0) is 14.7. The molecule has 4 heteroatoms. The van der Waals surface area contributed by atoms with E-state index in [0.717, 1.165) is 38.1 Å². The molecule has 1 aromatic carbocycles. The highest BCUT2D eigenvalue weighted by Crippen LogP contribution is 2.22. The minimum atomic E-state index is 0.0524. The van der Waals surface area contributed by atoms with Crippen LogP contribution in [0.3, 0.4) is 0 Å². The van der Waals surface area contributed by atoms with E-state index in [1.807, 2.05) is 23.1 Å². The van der Waals surface area contributed by atoms with E-state index in [4.69, 9.17) is 4.74 Å². The van der Waals surface area contributed by atoms with Crippen molar-refractivity contribution in [3.63, 3.8) is 0 Å². The smallest absolute Gasteiger partial charge is 0.239 e. The Hall–Kier alpha value is -1.55. The molecule has 0 bridgehead atoms. The Morgan fingerprint density at radius 3 is 2.95 bits per heavy atom. The number of benzene rings is 1. The average molecular weight is 288 g/mol. The maximum atomic E-state index is 12.5. The second kappa shape index (κ2) is 6.48. The lowest BCUT2D eigenvalue weighted by atomic mass is 10.0.